The molecule has 2 saturated heterocycles. The van der Waals surface area contributed by atoms with Gasteiger partial charge >= 0.3 is 0 Å². The number of halogens is 1. The van der Waals surface area contributed by atoms with Gasteiger partial charge in [-0.3, -0.25) is 9.21 Å². The first-order valence-electron chi connectivity index (χ1n) is 14.7. The molecule has 11 nitrogen and oxygen atoms in total. The quantitative estimate of drug-likeness (QED) is 0.379. The third-order valence-corrected chi connectivity index (χ3v) is 10.1. The highest BCUT2D eigenvalue weighted by atomic mass is 35.5. The van der Waals surface area contributed by atoms with Crippen molar-refractivity contribution in [1.29, 1.82) is 0 Å². The molecule has 0 bridgehead atoms. The molecule has 3 aromatic rings. The summed E-state index contributed by atoms with van der Waals surface area (Å²) in [6, 6.07) is 12.4. The van der Waals surface area contributed by atoms with E-state index in [2.05, 4.69) is 54.5 Å². The number of piperazine rings is 1. The van der Waals surface area contributed by atoms with E-state index in [1.807, 2.05) is 24.3 Å². The average Bonchev–Trinajstić information content (AvgIpc) is 3.46. The molecule has 13 heteroatoms. The van der Waals surface area contributed by atoms with Crippen LogP contribution in [0.5, 0.6) is 5.75 Å². The zero-order valence-electron chi connectivity index (χ0n) is 24.9. The number of methoxy groups -OCH3 is 1. The number of anilines is 6. The van der Waals surface area contributed by atoms with Gasteiger partial charge in [0.15, 0.2) is 5.82 Å². The number of fused-ring (bicyclic) bond motifs is 1. The summed E-state index contributed by atoms with van der Waals surface area (Å²) >= 11 is 6.48. The number of nitrogens with one attached hydrogen (secondary N) is 2. The van der Waals surface area contributed by atoms with Crippen molar-refractivity contribution in [3.05, 3.63) is 53.2 Å². The van der Waals surface area contributed by atoms with Crippen molar-refractivity contribution < 1.29 is 13.2 Å². The molecule has 43 heavy (non-hydrogen) atoms. The van der Waals surface area contributed by atoms with Crippen LogP contribution in [-0.4, -0.2) is 100 Å². The fourth-order valence-electron chi connectivity index (χ4n) is 6.27. The van der Waals surface area contributed by atoms with Crippen LogP contribution in [0.15, 0.2) is 42.6 Å². The molecule has 3 aliphatic rings. The molecule has 2 fully saturated rings. The number of likely N-dealkylation sites (N-methyl/N-ethyl adjacent to an activating group) is 1. The normalized spacial score (nSPS) is 18.5. The van der Waals surface area contributed by atoms with Crippen molar-refractivity contribution in [3.63, 3.8) is 0 Å². The van der Waals surface area contributed by atoms with Crippen molar-refractivity contribution in [2.75, 3.05) is 86.1 Å². The highest BCUT2D eigenvalue weighted by Gasteiger charge is 2.30. The van der Waals surface area contributed by atoms with Crippen molar-refractivity contribution in [2.24, 2.45) is 0 Å². The number of benzene rings is 2. The topological polar surface area (TPSA) is 106 Å². The van der Waals surface area contributed by atoms with E-state index in [0.717, 1.165) is 69.0 Å². The van der Waals surface area contributed by atoms with E-state index in [-0.39, 0.29) is 0 Å². The zero-order valence-corrected chi connectivity index (χ0v) is 26.5. The third-order valence-electron chi connectivity index (χ3n) is 8.67. The standard InChI is InChI=1S/C30H39ClN8O3S/c1-36-15-17-38(18-16-36)22-10-12-37(13-11-22)23-7-8-25(27(19-23)42-2)34-30-32-20-24(31)29(35-30)33-26-6-4-5-21-9-14-39(28(21)26)43(3,40)41/h4-8,19-20,22H,9-18H2,1-3H3,(H2,32,33,34,35). The van der Waals surface area contributed by atoms with Gasteiger partial charge in [0.05, 0.1) is 36.6 Å². The molecule has 6 rings (SSSR count). The molecule has 0 amide bonds. The number of rotatable bonds is 8. The smallest absolute Gasteiger partial charge is 0.232 e. The first-order chi connectivity index (χ1) is 20.7. The molecule has 0 atom stereocenters. The van der Waals surface area contributed by atoms with E-state index in [4.69, 9.17) is 16.3 Å². The number of ether oxygens (including phenoxy) is 1. The first kappa shape index (κ1) is 29.7. The van der Waals surface area contributed by atoms with Crippen LogP contribution in [0.1, 0.15) is 18.4 Å². The van der Waals surface area contributed by atoms with Crippen LogP contribution in [0.3, 0.4) is 0 Å². The molecule has 1 aromatic heterocycles. The Hall–Kier alpha value is -3.32. The Morgan fingerprint density at radius 3 is 2.47 bits per heavy atom. The van der Waals surface area contributed by atoms with Crippen molar-refractivity contribution >= 4 is 56.1 Å². The van der Waals surface area contributed by atoms with Gasteiger partial charge in [-0.15, -0.1) is 0 Å². The van der Waals surface area contributed by atoms with Gasteiger partial charge in [0, 0.05) is 63.6 Å². The minimum atomic E-state index is -3.42. The second-order valence-corrected chi connectivity index (χ2v) is 13.8. The summed E-state index contributed by atoms with van der Waals surface area (Å²) in [4.78, 5) is 16.5. The van der Waals surface area contributed by atoms with Gasteiger partial charge in [-0.05, 0) is 50.1 Å². The van der Waals surface area contributed by atoms with Crippen molar-refractivity contribution in [3.8, 4) is 5.75 Å². The van der Waals surface area contributed by atoms with E-state index < -0.39 is 10.0 Å². The summed E-state index contributed by atoms with van der Waals surface area (Å²) in [5.74, 6) is 1.39. The van der Waals surface area contributed by atoms with E-state index in [9.17, 15) is 8.42 Å². The molecule has 4 heterocycles. The van der Waals surface area contributed by atoms with Gasteiger partial charge < -0.3 is 25.2 Å². The molecule has 2 aromatic carbocycles. The maximum absolute atomic E-state index is 12.4. The molecule has 0 radical (unpaired) electrons. The second kappa shape index (κ2) is 12.4. The fourth-order valence-corrected chi connectivity index (χ4v) is 7.38. The summed E-state index contributed by atoms with van der Waals surface area (Å²) in [5.41, 5.74) is 4.05. The lowest BCUT2D eigenvalue weighted by Gasteiger charge is -2.42. The summed E-state index contributed by atoms with van der Waals surface area (Å²) in [6.07, 6.45) is 5.70. The van der Waals surface area contributed by atoms with Crippen LogP contribution >= 0.6 is 11.6 Å². The van der Waals surface area contributed by atoms with Crippen LogP contribution in [0.2, 0.25) is 5.02 Å². The number of sulfonamides is 1. The van der Waals surface area contributed by atoms with Gasteiger partial charge in [0.1, 0.15) is 10.8 Å². The lowest BCUT2D eigenvalue weighted by molar-refractivity contribution is 0.0982. The Balaban J connectivity index is 1.15. The zero-order chi connectivity index (χ0) is 30.1. The van der Waals surface area contributed by atoms with Gasteiger partial charge in [-0.2, -0.15) is 4.98 Å². The van der Waals surface area contributed by atoms with Crippen molar-refractivity contribution in [2.45, 2.75) is 25.3 Å². The number of para-hydroxylation sites is 1. The number of hydrogen-bond acceptors (Lipinski definition) is 10. The van der Waals surface area contributed by atoms with E-state index in [1.165, 1.54) is 16.8 Å². The summed E-state index contributed by atoms with van der Waals surface area (Å²) in [6.45, 7) is 7.05. The molecule has 2 N–H and O–H groups in total. The molecule has 3 aliphatic heterocycles. The number of aromatic nitrogens is 2. The van der Waals surface area contributed by atoms with Crippen LogP contribution in [0, 0.1) is 0 Å². The molecule has 0 aliphatic carbocycles. The molecular formula is C30H39ClN8O3S. The Bertz CT molecular complexity index is 1570. The average molecular weight is 627 g/mol. The number of hydrogen-bond donors (Lipinski definition) is 2. The molecule has 0 spiro atoms. The minimum Gasteiger partial charge on any atom is -0.494 e. The van der Waals surface area contributed by atoms with Gasteiger partial charge in [-0.25, -0.2) is 13.4 Å². The fraction of sp³-hybridized carbons (Fsp3) is 0.467. The Labute approximate surface area is 258 Å². The number of nitrogens with zero attached hydrogens (tertiary/aromatic N) is 6. The van der Waals surface area contributed by atoms with Gasteiger partial charge in [-0.1, -0.05) is 23.7 Å². The van der Waals surface area contributed by atoms with E-state index >= 15 is 0 Å². The molecule has 0 saturated carbocycles. The Morgan fingerprint density at radius 1 is 0.977 bits per heavy atom. The van der Waals surface area contributed by atoms with Crippen LogP contribution in [-0.2, 0) is 16.4 Å². The molecular weight excluding hydrogens is 588 g/mol. The van der Waals surface area contributed by atoms with Crippen LogP contribution in [0.25, 0.3) is 0 Å². The van der Waals surface area contributed by atoms with Crippen LogP contribution in [0.4, 0.5) is 34.5 Å². The lowest BCUT2D eigenvalue weighted by Crippen LogP contribution is -2.52. The highest BCUT2D eigenvalue weighted by Crippen LogP contribution is 2.39. The first-order valence-corrected chi connectivity index (χ1v) is 16.9. The maximum atomic E-state index is 12.4. The monoisotopic (exact) mass is 626 g/mol. The van der Waals surface area contributed by atoms with Gasteiger partial charge in [0.2, 0.25) is 16.0 Å². The number of piperidine rings is 1. The minimum absolute atomic E-state index is 0.314. The van der Waals surface area contributed by atoms with E-state index in [1.54, 1.807) is 7.11 Å². The summed E-state index contributed by atoms with van der Waals surface area (Å²) in [5, 5.41) is 6.82. The molecule has 0 unspecified atom stereocenters. The van der Waals surface area contributed by atoms with Crippen LogP contribution < -0.4 is 24.6 Å². The molecule has 230 valence electrons. The largest absolute Gasteiger partial charge is 0.494 e. The highest BCUT2D eigenvalue weighted by molar-refractivity contribution is 7.92. The predicted molar refractivity (Wildman–Crippen MR) is 173 cm³/mol. The van der Waals surface area contributed by atoms with Crippen molar-refractivity contribution in [1.82, 2.24) is 19.8 Å². The predicted octanol–water partition coefficient (Wildman–Crippen LogP) is 4.16. The SMILES string of the molecule is COc1cc(N2CCC(N3CCN(C)CC3)CC2)ccc1Nc1ncc(Cl)c(Nc2cccc3c2N(S(C)(=O)=O)CC3)n1. The maximum Gasteiger partial charge on any atom is 0.232 e. The second-order valence-electron chi connectivity index (χ2n) is 11.5. The Morgan fingerprint density at radius 2 is 1.74 bits per heavy atom. The van der Waals surface area contributed by atoms with E-state index in [0.29, 0.717) is 52.9 Å². The summed E-state index contributed by atoms with van der Waals surface area (Å²) in [7, 11) is 0.432. The third kappa shape index (κ3) is 6.47. The Kier molecular flexibility index (Phi) is 8.54. The lowest BCUT2D eigenvalue weighted by atomic mass is 10.0. The summed E-state index contributed by atoms with van der Waals surface area (Å²) < 4.78 is 32.0. The van der Waals surface area contributed by atoms with Gasteiger partial charge in [0.25, 0.3) is 0 Å².